The summed E-state index contributed by atoms with van der Waals surface area (Å²) in [6, 6.07) is 9.27. The SMILES string of the molecule is N#Cc1cc2c(cc1F)CC1(CCN(c3cnc4c(n3)CN=C4N3CCCc4nc(N5CCNCC5)ccc43)CC1)[C@@H]2N. The summed E-state index contributed by atoms with van der Waals surface area (Å²) in [5.74, 6) is 2.36. The highest BCUT2D eigenvalue weighted by atomic mass is 19.1. The molecular weight excluding hydrogens is 543 g/mol. The second-order valence-electron chi connectivity index (χ2n) is 12.4. The van der Waals surface area contributed by atoms with Gasteiger partial charge in [-0.1, -0.05) is 0 Å². The van der Waals surface area contributed by atoms with Crippen molar-refractivity contribution in [3.63, 3.8) is 0 Å². The highest BCUT2D eigenvalue weighted by Crippen LogP contribution is 2.51. The third-order valence-corrected chi connectivity index (χ3v) is 10.1. The molecule has 1 spiro atoms. The molecule has 3 aromatic rings. The van der Waals surface area contributed by atoms with Gasteiger partial charge in [-0.25, -0.2) is 19.3 Å². The summed E-state index contributed by atoms with van der Waals surface area (Å²) in [5.41, 5.74) is 12.6. The number of benzene rings is 1. The third kappa shape index (κ3) is 4.34. The quantitative estimate of drug-likeness (QED) is 0.473. The fourth-order valence-electron chi connectivity index (χ4n) is 7.68. The average Bonchev–Trinajstić information content (AvgIpc) is 3.58. The van der Waals surface area contributed by atoms with E-state index >= 15 is 0 Å². The second kappa shape index (κ2) is 10.2. The average molecular weight is 579 g/mol. The number of nitrogens with two attached hydrogens (primary N) is 1. The van der Waals surface area contributed by atoms with E-state index in [0.29, 0.717) is 6.54 Å². The zero-order valence-electron chi connectivity index (χ0n) is 24.2. The van der Waals surface area contributed by atoms with E-state index in [-0.39, 0.29) is 17.0 Å². The smallest absolute Gasteiger partial charge is 0.156 e. The number of nitrogens with one attached hydrogen (secondary N) is 1. The van der Waals surface area contributed by atoms with E-state index in [9.17, 15) is 9.65 Å². The fourth-order valence-corrected chi connectivity index (χ4v) is 7.68. The van der Waals surface area contributed by atoms with Crippen molar-refractivity contribution in [3.8, 4) is 6.07 Å². The molecule has 4 aliphatic heterocycles. The van der Waals surface area contributed by atoms with Crippen molar-refractivity contribution in [1.29, 1.82) is 5.26 Å². The first kappa shape index (κ1) is 26.5. The summed E-state index contributed by atoms with van der Waals surface area (Å²) in [6.45, 7) is 6.96. The summed E-state index contributed by atoms with van der Waals surface area (Å²) < 4.78 is 14.3. The maximum atomic E-state index is 14.3. The van der Waals surface area contributed by atoms with Crippen LogP contribution in [0.4, 0.5) is 21.7 Å². The largest absolute Gasteiger partial charge is 0.355 e. The summed E-state index contributed by atoms with van der Waals surface area (Å²) in [4.78, 5) is 26.9. The molecule has 0 bridgehead atoms. The van der Waals surface area contributed by atoms with Gasteiger partial charge in [-0.05, 0) is 72.9 Å². The van der Waals surface area contributed by atoms with Gasteiger partial charge in [0.25, 0.3) is 0 Å². The Hall–Kier alpha value is -4.14. The number of aliphatic imine (C=N–C) groups is 1. The monoisotopic (exact) mass is 578 g/mol. The Bertz CT molecular complexity index is 1670. The van der Waals surface area contributed by atoms with Gasteiger partial charge in [-0.15, -0.1) is 0 Å². The van der Waals surface area contributed by atoms with Crippen LogP contribution < -0.4 is 25.8 Å². The number of piperidine rings is 1. The van der Waals surface area contributed by atoms with Gasteiger partial charge in [0.1, 0.15) is 29.2 Å². The van der Waals surface area contributed by atoms with Crippen LogP contribution in [-0.2, 0) is 19.4 Å². The van der Waals surface area contributed by atoms with Gasteiger partial charge in [0.2, 0.25) is 0 Å². The van der Waals surface area contributed by atoms with E-state index < -0.39 is 5.82 Å². The Morgan fingerprint density at radius 1 is 1.00 bits per heavy atom. The third-order valence-electron chi connectivity index (χ3n) is 10.1. The van der Waals surface area contributed by atoms with Crippen LogP contribution in [0.5, 0.6) is 0 Å². The van der Waals surface area contributed by atoms with Gasteiger partial charge in [0.15, 0.2) is 5.84 Å². The molecule has 2 fully saturated rings. The van der Waals surface area contributed by atoms with E-state index in [1.54, 1.807) is 6.07 Å². The molecule has 2 aromatic heterocycles. The van der Waals surface area contributed by atoms with Crippen LogP contribution in [0.3, 0.4) is 0 Å². The molecule has 10 nitrogen and oxygen atoms in total. The number of nitrogens with zero attached hydrogens (tertiary/aromatic N) is 8. The van der Waals surface area contributed by atoms with Crippen molar-refractivity contribution in [2.75, 3.05) is 60.5 Å². The molecule has 6 heterocycles. The van der Waals surface area contributed by atoms with Gasteiger partial charge in [-0.2, -0.15) is 5.26 Å². The zero-order chi connectivity index (χ0) is 29.1. The minimum Gasteiger partial charge on any atom is -0.355 e. The van der Waals surface area contributed by atoms with Gasteiger partial charge < -0.3 is 25.8 Å². The molecule has 8 rings (SSSR count). The number of halogens is 1. The lowest BCUT2D eigenvalue weighted by Gasteiger charge is -2.42. The number of anilines is 3. The molecule has 0 radical (unpaired) electrons. The molecule has 3 N–H and O–H groups in total. The van der Waals surface area contributed by atoms with Gasteiger partial charge >= 0.3 is 0 Å². The number of nitriles is 1. The lowest BCUT2D eigenvalue weighted by Crippen LogP contribution is -2.44. The lowest BCUT2D eigenvalue weighted by atomic mass is 9.73. The highest BCUT2D eigenvalue weighted by Gasteiger charge is 2.46. The van der Waals surface area contributed by atoms with Crippen LogP contribution in [0.15, 0.2) is 35.5 Å². The molecular formula is C32H35FN10. The van der Waals surface area contributed by atoms with Gasteiger partial charge in [0, 0.05) is 51.9 Å². The minimum absolute atomic E-state index is 0.0722. The van der Waals surface area contributed by atoms with Crippen LogP contribution in [0, 0.1) is 22.6 Å². The normalized spacial score (nSPS) is 22.2. The van der Waals surface area contributed by atoms with E-state index in [1.807, 2.05) is 12.3 Å². The Kier molecular flexibility index (Phi) is 6.31. The van der Waals surface area contributed by atoms with Crippen molar-refractivity contribution in [2.45, 2.75) is 44.7 Å². The maximum absolute atomic E-state index is 14.3. The number of hydrogen-bond donors (Lipinski definition) is 2. The Morgan fingerprint density at radius 3 is 2.60 bits per heavy atom. The van der Waals surface area contributed by atoms with E-state index in [1.165, 1.54) is 6.07 Å². The van der Waals surface area contributed by atoms with E-state index in [0.717, 1.165) is 129 Å². The predicted octanol–water partition coefficient (Wildman–Crippen LogP) is 2.85. The van der Waals surface area contributed by atoms with Crippen molar-refractivity contribution < 1.29 is 4.39 Å². The van der Waals surface area contributed by atoms with Crippen LogP contribution in [0.2, 0.25) is 0 Å². The van der Waals surface area contributed by atoms with Crippen LogP contribution in [0.25, 0.3) is 0 Å². The number of pyridine rings is 1. The molecule has 2 saturated heterocycles. The van der Waals surface area contributed by atoms with Crippen molar-refractivity contribution in [3.05, 3.63) is 70.1 Å². The summed E-state index contributed by atoms with van der Waals surface area (Å²) in [5, 5.41) is 12.7. The maximum Gasteiger partial charge on any atom is 0.156 e. The first-order chi connectivity index (χ1) is 21.0. The summed E-state index contributed by atoms with van der Waals surface area (Å²) in [6.07, 6.45) is 6.37. The van der Waals surface area contributed by atoms with Crippen molar-refractivity contribution >= 4 is 23.2 Å². The molecule has 0 saturated carbocycles. The molecule has 1 aromatic carbocycles. The molecule has 0 unspecified atom stereocenters. The molecule has 5 aliphatic rings. The minimum atomic E-state index is -0.456. The van der Waals surface area contributed by atoms with Crippen molar-refractivity contribution in [1.82, 2.24) is 20.3 Å². The zero-order valence-corrected chi connectivity index (χ0v) is 24.2. The Balaban J connectivity index is 0.977. The molecule has 1 atom stereocenters. The second-order valence-corrected chi connectivity index (χ2v) is 12.4. The summed E-state index contributed by atoms with van der Waals surface area (Å²) in [7, 11) is 0. The Morgan fingerprint density at radius 2 is 1.79 bits per heavy atom. The topological polar surface area (TPSA) is 123 Å². The molecule has 220 valence electrons. The van der Waals surface area contributed by atoms with Crippen LogP contribution in [0.1, 0.15) is 59.1 Å². The number of aryl methyl sites for hydroxylation is 1. The number of rotatable bonds is 2. The van der Waals surface area contributed by atoms with E-state index in [2.05, 4.69) is 32.1 Å². The van der Waals surface area contributed by atoms with Crippen LogP contribution in [-0.4, -0.2) is 66.6 Å². The molecule has 1 aliphatic carbocycles. The number of piperazine rings is 1. The van der Waals surface area contributed by atoms with Gasteiger partial charge in [-0.3, -0.25) is 4.99 Å². The Labute approximate surface area is 250 Å². The number of amidine groups is 1. The first-order valence-corrected chi connectivity index (χ1v) is 15.4. The first-order valence-electron chi connectivity index (χ1n) is 15.4. The van der Waals surface area contributed by atoms with Crippen LogP contribution >= 0.6 is 0 Å². The predicted molar refractivity (Wildman–Crippen MR) is 163 cm³/mol. The number of hydrogen-bond acceptors (Lipinski definition) is 10. The molecule has 0 amide bonds. The summed E-state index contributed by atoms with van der Waals surface area (Å²) >= 11 is 0. The molecule has 43 heavy (non-hydrogen) atoms. The molecule has 11 heteroatoms. The van der Waals surface area contributed by atoms with Gasteiger partial charge in [0.05, 0.1) is 35.4 Å². The number of aromatic nitrogens is 3. The lowest BCUT2D eigenvalue weighted by molar-refractivity contribution is 0.187. The van der Waals surface area contributed by atoms with Crippen molar-refractivity contribution in [2.24, 2.45) is 16.1 Å². The fraction of sp³-hybridized carbons (Fsp3) is 0.469. The number of fused-ring (bicyclic) bond motifs is 3. The van der Waals surface area contributed by atoms with E-state index in [4.69, 9.17) is 25.7 Å². The highest BCUT2D eigenvalue weighted by molar-refractivity contribution is 6.11. The standard InChI is InChI=1S/C32H35FN10/c33-23-15-20-16-32(30(35)22(20)14-21(23)17-34)5-10-41(11-6-32)28-19-37-29-25(40-28)18-38-31(29)43-9-1-2-24-26(43)3-4-27(39-24)42-12-7-36-8-13-42/h3-4,14-15,19,30,36H,1-2,5-13,16,18,35H2/t30-/m1/s1.